The van der Waals surface area contributed by atoms with Crippen LogP contribution in [-0.4, -0.2) is 63.5 Å². The van der Waals surface area contributed by atoms with Gasteiger partial charge in [0.15, 0.2) is 11.6 Å². The quantitative estimate of drug-likeness (QED) is 0.549. The molecule has 1 saturated heterocycles. The second-order valence-corrected chi connectivity index (χ2v) is 8.62. The average molecular weight is 441 g/mol. The Labute approximate surface area is 179 Å². The normalized spacial score (nSPS) is 15.0. The summed E-state index contributed by atoms with van der Waals surface area (Å²) in [5, 5.41) is 9.31. The van der Waals surface area contributed by atoms with Crippen LogP contribution in [0.4, 0.5) is 10.2 Å². The Morgan fingerprint density at radius 1 is 1.31 bits per heavy atom. The summed E-state index contributed by atoms with van der Waals surface area (Å²) < 4.78 is 17.6. The molecule has 0 amide bonds. The lowest BCUT2D eigenvalue weighted by atomic mass is 10.1. The van der Waals surface area contributed by atoms with Gasteiger partial charge in [0.25, 0.3) is 0 Å². The zero-order valence-electron chi connectivity index (χ0n) is 16.8. The van der Waals surface area contributed by atoms with Crippen molar-refractivity contribution in [2.45, 2.75) is 26.3 Å². The molecule has 0 aromatic carbocycles. The smallest absolute Gasteiger partial charge is 0.341 e. The first-order valence-corrected chi connectivity index (χ1v) is 10.0. The molecule has 3 rings (SSSR count). The Balaban J connectivity index is 0.000000941. The predicted octanol–water partition coefficient (Wildman–Crippen LogP) is 2.61. The molecular weight excluding hydrogens is 415 g/mol. The molecule has 0 radical (unpaired) electrons. The van der Waals surface area contributed by atoms with E-state index in [-0.39, 0.29) is 16.8 Å². The maximum atomic E-state index is 14.7. The van der Waals surface area contributed by atoms with E-state index in [1.165, 1.54) is 10.9 Å². The molecule has 0 spiro atoms. The second kappa shape index (κ2) is 9.19. The number of nitrogens with zero attached hydrogens (tertiary/aromatic N) is 4. The summed E-state index contributed by atoms with van der Waals surface area (Å²) in [5.41, 5.74) is -1.34. The summed E-state index contributed by atoms with van der Waals surface area (Å²) in [6.07, 6.45) is 1.30. The third-order valence-electron chi connectivity index (χ3n) is 4.67. The van der Waals surface area contributed by atoms with E-state index in [2.05, 4.69) is 34.7 Å². The zero-order valence-corrected chi connectivity index (χ0v) is 18.6. The summed E-state index contributed by atoms with van der Waals surface area (Å²) in [4.78, 5) is 32.4. The summed E-state index contributed by atoms with van der Waals surface area (Å²) in [6, 6.07) is 1.12. The topological polar surface area (TPSA) is 78.7 Å². The number of carboxylic acid groups (broad SMARTS) is 1. The maximum Gasteiger partial charge on any atom is 0.341 e. The molecule has 3 heterocycles. The van der Waals surface area contributed by atoms with Gasteiger partial charge >= 0.3 is 5.97 Å². The highest BCUT2D eigenvalue weighted by Gasteiger charge is 2.25. The number of thiocarbonyl (C=S) groups is 1. The van der Waals surface area contributed by atoms with Gasteiger partial charge in [-0.05, 0) is 33.9 Å². The molecule has 1 aliphatic rings. The summed E-state index contributed by atoms with van der Waals surface area (Å²) in [7, 11) is 2.01. The van der Waals surface area contributed by atoms with Gasteiger partial charge in [0.1, 0.15) is 11.2 Å². The van der Waals surface area contributed by atoms with Crippen LogP contribution in [0.3, 0.4) is 0 Å². The SMILES string of the molecule is CN1CCN(c2nc3c(cc2F)c(=O)c(C(=O)O)cn3C(C)(C)C)CC1.S=CS. The van der Waals surface area contributed by atoms with Gasteiger partial charge in [-0.2, -0.15) is 0 Å². The first kappa shape index (κ1) is 23.2. The van der Waals surface area contributed by atoms with E-state index in [9.17, 15) is 19.1 Å². The van der Waals surface area contributed by atoms with Crippen molar-refractivity contribution >= 4 is 52.4 Å². The Kier molecular flexibility index (Phi) is 7.36. The van der Waals surface area contributed by atoms with Crippen molar-refractivity contribution in [1.29, 1.82) is 0 Å². The molecule has 1 N–H and O–H groups in total. The first-order valence-electron chi connectivity index (χ1n) is 9.02. The fraction of sp³-hybridized carbons (Fsp3) is 0.474. The Bertz CT molecular complexity index is 980. The van der Waals surface area contributed by atoms with Crippen molar-refractivity contribution in [3.63, 3.8) is 0 Å². The lowest BCUT2D eigenvalue weighted by molar-refractivity contribution is 0.0694. The van der Waals surface area contributed by atoms with Crippen molar-refractivity contribution in [1.82, 2.24) is 14.5 Å². The molecule has 0 bridgehead atoms. The molecule has 1 aliphatic heterocycles. The van der Waals surface area contributed by atoms with Gasteiger partial charge in [-0.15, -0.1) is 12.6 Å². The van der Waals surface area contributed by atoms with Gasteiger partial charge in [-0.25, -0.2) is 14.2 Å². The monoisotopic (exact) mass is 440 g/mol. The van der Waals surface area contributed by atoms with E-state index in [0.29, 0.717) is 18.7 Å². The molecule has 0 saturated carbocycles. The minimum absolute atomic E-state index is 0.0183. The van der Waals surface area contributed by atoms with E-state index in [1.54, 1.807) is 4.57 Å². The number of piperazine rings is 1. The van der Waals surface area contributed by atoms with Crippen molar-refractivity contribution in [2.24, 2.45) is 0 Å². The zero-order chi connectivity index (χ0) is 21.9. The average Bonchev–Trinajstić information content (AvgIpc) is 2.62. The number of aromatic carboxylic acids is 1. The number of hydrogen-bond donors (Lipinski definition) is 2. The molecule has 0 aliphatic carbocycles. The van der Waals surface area contributed by atoms with Crippen LogP contribution >= 0.6 is 24.8 Å². The molecule has 0 unspecified atom stereocenters. The van der Waals surface area contributed by atoms with Gasteiger partial charge in [-0.1, -0.05) is 12.2 Å². The molecule has 158 valence electrons. The van der Waals surface area contributed by atoms with E-state index >= 15 is 0 Å². The number of pyridine rings is 2. The lowest BCUT2D eigenvalue weighted by Crippen LogP contribution is -2.45. The third-order valence-corrected chi connectivity index (χ3v) is 4.67. The van der Waals surface area contributed by atoms with Gasteiger partial charge < -0.3 is 19.5 Å². The molecular formula is C19H25FN4O3S2. The molecule has 29 heavy (non-hydrogen) atoms. The Hall–Kier alpha value is -2.04. The van der Waals surface area contributed by atoms with E-state index in [1.807, 2.05) is 32.7 Å². The number of fused-ring (bicyclic) bond motifs is 1. The van der Waals surface area contributed by atoms with Crippen LogP contribution in [-0.2, 0) is 5.54 Å². The minimum atomic E-state index is -1.33. The Morgan fingerprint density at radius 3 is 2.34 bits per heavy atom. The molecule has 7 nitrogen and oxygen atoms in total. The summed E-state index contributed by atoms with van der Waals surface area (Å²) >= 11 is 7.61. The third kappa shape index (κ3) is 5.12. The number of carbonyl (C=O) groups is 1. The van der Waals surface area contributed by atoms with E-state index in [0.717, 1.165) is 19.2 Å². The highest BCUT2D eigenvalue weighted by molar-refractivity contribution is 8.08. The fourth-order valence-electron chi connectivity index (χ4n) is 3.12. The number of aromatic nitrogens is 2. The fourth-order valence-corrected chi connectivity index (χ4v) is 3.12. The molecule has 10 heteroatoms. The van der Waals surface area contributed by atoms with E-state index < -0.39 is 22.8 Å². The summed E-state index contributed by atoms with van der Waals surface area (Å²) in [6.45, 7) is 8.50. The number of hydrogen-bond acceptors (Lipinski definition) is 6. The minimum Gasteiger partial charge on any atom is -0.477 e. The molecule has 2 aromatic rings. The second-order valence-electron chi connectivity index (χ2n) is 7.78. The number of likely N-dealkylation sites (N-methyl/N-ethyl adjacent to an activating group) is 1. The van der Waals surface area contributed by atoms with Gasteiger partial charge in [0.2, 0.25) is 5.43 Å². The number of carboxylic acids is 1. The molecule has 1 fully saturated rings. The molecule has 2 aromatic heterocycles. The number of halogens is 1. The molecule has 0 atom stereocenters. The van der Waals surface area contributed by atoms with Crippen molar-refractivity contribution in [2.75, 3.05) is 38.1 Å². The van der Waals surface area contributed by atoms with Gasteiger partial charge in [0.05, 0.1) is 5.39 Å². The lowest BCUT2D eigenvalue weighted by Gasteiger charge is -2.34. The highest BCUT2D eigenvalue weighted by Crippen LogP contribution is 2.26. The van der Waals surface area contributed by atoms with Crippen LogP contribution in [0, 0.1) is 5.82 Å². The van der Waals surface area contributed by atoms with Gasteiger partial charge in [-0.3, -0.25) is 4.79 Å². The van der Waals surface area contributed by atoms with Crippen LogP contribution in [0.25, 0.3) is 11.0 Å². The van der Waals surface area contributed by atoms with Crippen LogP contribution in [0.5, 0.6) is 0 Å². The largest absolute Gasteiger partial charge is 0.477 e. The maximum absolute atomic E-state index is 14.7. The van der Waals surface area contributed by atoms with Crippen LogP contribution in [0.2, 0.25) is 0 Å². The first-order chi connectivity index (χ1) is 13.5. The van der Waals surface area contributed by atoms with Crippen LogP contribution < -0.4 is 10.3 Å². The standard InChI is InChI=1S/C18H23FN4O3.CH2S2/c1-18(2,3)23-10-12(17(25)26)14(24)11-9-13(19)16(20-15(11)23)22-7-5-21(4)6-8-22;2-1-3/h9-10H,5-8H2,1-4H3,(H,25,26);1H,(H,2,3). The highest BCUT2D eigenvalue weighted by atomic mass is 32.1. The van der Waals surface area contributed by atoms with Crippen LogP contribution in [0.1, 0.15) is 31.1 Å². The van der Waals surface area contributed by atoms with E-state index in [4.69, 9.17) is 0 Å². The van der Waals surface area contributed by atoms with Crippen molar-refractivity contribution < 1.29 is 14.3 Å². The predicted molar refractivity (Wildman–Crippen MR) is 120 cm³/mol. The number of thiol groups is 1. The number of anilines is 1. The van der Waals surface area contributed by atoms with Crippen LogP contribution in [0.15, 0.2) is 17.1 Å². The van der Waals surface area contributed by atoms with Crippen molar-refractivity contribution in [3.8, 4) is 0 Å². The van der Waals surface area contributed by atoms with Crippen molar-refractivity contribution in [3.05, 3.63) is 33.9 Å². The summed E-state index contributed by atoms with van der Waals surface area (Å²) in [5.74, 6) is -1.74. The van der Waals surface area contributed by atoms with Gasteiger partial charge in [0, 0.05) is 42.6 Å². The number of rotatable bonds is 2. The Morgan fingerprint density at radius 2 is 1.86 bits per heavy atom.